The van der Waals surface area contributed by atoms with Crippen LogP contribution in [0.25, 0.3) is 0 Å². The van der Waals surface area contributed by atoms with Crippen LogP contribution >= 0.6 is 12.6 Å². The maximum atomic E-state index is 14.2. The summed E-state index contributed by atoms with van der Waals surface area (Å²) < 4.78 is 0. The molecule has 6 atom stereocenters. The number of hydrogen-bond donors (Lipinski definition) is 11. The van der Waals surface area contributed by atoms with Crippen LogP contribution in [0.2, 0.25) is 0 Å². The van der Waals surface area contributed by atoms with Gasteiger partial charge in [0.1, 0.15) is 42.0 Å². The van der Waals surface area contributed by atoms with Crippen molar-refractivity contribution in [3.63, 3.8) is 0 Å². The van der Waals surface area contributed by atoms with Crippen molar-refractivity contribution in [1.82, 2.24) is 37.2 Å². The summed E-state index contributed by atoms with van der Waals surface area (Å²) in [6, 6.07) is 7.64. The number of benzene rings is 2. The standard InChI is InChI=1S/C42H63N9O9S/c1-23(2)16-29(37(44)55)47-38(56)30(17-24(3)4)48-39(57)31(19-27-12-14-28(52)15-13-27)50-42(60)36(25(5)6)51-40(58)32(18-26-10-8-7-9-11-26)49-41(59)33(22-61)46-35(54)21-45-34(53)20-43/h7-15,23-25,29-33,36,52,61H,16-22,43H2,1-6H3,(H2,44,55)(H,45,53)(H,46,54)(H,47,56)(H,48,57)(H,49,59)(H,50,60)(H,51,58)/t29-,30-,31-,32-,33-,36-/m0/s1. The molecule has 0 aliphatic rings. The quantitative estimate of drug-likeness (QED) is 0.0560. The van der Waals surface area contributed by atoms with Gasteiger partial charge < -0.3 is 53.8 Å². The molecule has 18 nitrogen and oxygen atoms in total. The van der Waals surface area contributed by atoms with Gasteiger partial charge in [0, 0.05) is 18.6 Å². The van der Waals surface area contributed by atoms with E-state index in [2.05, 4.69) is 49.8 Å². The summed E-state index contributed by atoms with van der Waals surface area (Å²) in [7, 11) is 0. The van der Waals surface area contributed by atoms with Gasteiger partial charge in [0.15, 0.2) is 0 Å². The first-order valence-electron chi connectivity index (χ1n) is 20.2. The molecule has 0 saturated heterocycles. The molecule has 0 radical (unpaired) electrons. The van der Waals surface area contributed by atoms with Crippen molar-refractivity contribution in [3.05, 3.63) is 65.7 Å². The number of aromatic hydroxyl groups is 1. The largest absolute Gasteiger partial charge is 0.508 e. The number of hydrogen-bond acceptors (Lipinski definition) is 11. The van der Waals surface area contributed by atoms with Gasteiger partial charge in [0.05, 0.1) is 13.1 Å². The fourth-order valence-corrected chi connectivity index (χ4v) is 6.37. The highest BCUT2D eigenvalue weighted by molar-refractivity contribution is 7.80. The second-order valence-electron chi connectivity index (χ2n) is 16.0. The third kappa shape index (κ3) is 18.6. The molecular weight excluding hydrogens is 807 g/mol. The van der Waals surface area contributed by atoms with Gasteiger partial charge in [-0.2, -0.15) is 12.6 Å². The van der Waals surface area contributed by atoms with Crippen molar-refractivity contribution in [3.8, 4) is 5.75 Å². The van der Waals surface area contributed by atoms with E-state index in [-0.39, 0.29) is 55.6 Å². The predicted octanol–water partition coefficient (Wildman–Crippen LogP) is -0.676. The molecule has 0 aliphatic carbocycles. The first kappa shape index (κ1) is 51.5. The lowest BCUT2D eigenvalue weighted by Gasteiger charge is -2.29. The fourth-order valence-electron chi connectivity index (χ4n) is 6.11. The normalized spacial score (nSPS) is 14.1. The lowest BCUT2D eigenvalue weighted by atomic mass is 9.98. The van der Waals surface area contributed by atoms with Crippen molar-refractivity contribution in [2.24, 2.45) is 29.2 Å². The molecule has 19 heteroatoms. The van der Waals surface area contributed by atoms with Crippen LogP contribution in [0.15, 0.2) is 54.6 Å². The van der Waals surface area contributed by atoms with E-state index in [1.807, 2.05) is 27.7 Å². The topological polar surface area (TPSA) is 293 Å². The zero-order valence-electron chi connectivity index (χ0n) is 35.7. The number of primary amides is 1. The first-order valence-corrected chi connectivity index (χ1v) is 20.9. The van der Waals surface area contributed by atoms with Crippen molar-refractivity contribution >= 4 is 59.9 Å². The highest BCUT2D eigenvalue weighted by atomic mass is 32.1. The average molecular weight is 870 g/mol. The van der Waals surface area contributed by atoms with Crippen LogP contribution in [0.1, 0.15) is 65.5 Å². The zero-order valence-corrected chi connectivity index (χ0v) is 36.6. The molecule has 2 aromatic carbocycles. The number of carbonyl (C=O) groups is 8. The van der Waals surface area contributed by atoms with Crippen LogP contribution in [0.5, 0.6) is 5.75 Å². The van der Waals surface area contributed by atoms with Crippen molar-refractivity contribution in [2.45, 2.75) is 103 Å². The first-order chi connectivity index (χ1) is 28.7. The van der Waals surface area contributed by atoms with Crippen LogP contribution < -0.4 is 48.7 Å². The Kier molecular flexibility index (Phi) is 21.8. The minimum Gasteiger partial charge on any atom is -0.508 e. The molecule has 0 unspecified atom stereocenters. The number of phenols is 1. The minimum atomic E-state index is -1.30. The maximum absolute atomic E-state index is 14.2. The summed E-state index contributed by atoms with van der Waals surface area (Å²) in [6.45, 7) is 10.0. The number of carbonyl (C=O) groups excluding carboxylic acids is 8. The van der Waals surface area contributed by atoms with E-state index in [1.165, 1.54) is 12.1 Å². The van der Waals surface area contributed by atoms with E-state index in [1.54, 1.807) is 56.3 Å². The van der Waals surface area contributed by atoms with Gasteiger partial charge in [-0.15, -0.1) is 0 Å². The predicted molar refractivity (Wildman–Crippen MR) is 232 cm³/mol. The van der Waals surface area contributed by atoms with E-state index >= 15 is 0 Å². The Hall–Kier alpha value is -5.69. The van der Waals surface area contributed by atoms with Crippen LogP contribution in [-0.4, -0.2) is 107 Å². The molecule has 0 aliphatic heterocycles. The summed E-state index contributed by atoms with van der Waals surface area (Å²) in [5, 5.41) is 28.2. The zero-order chi connectivity index (χ0) is 45.8. The third-order valence-electron chi connectivity index (χ3n) is 9.34. The van der Waals surface area contributed by atoms with E-state index in [4.69, 9.17) is 11.5 Å². The molecule has 0 bridgehead atoms. The molecule has 2 rings (SSSR count). The molecule has 0 heterocycles. The van der Waals surface area contributed by atoms with Gasteiger partial charge in [-0.05, 0) is 53.9 Å². The van der Waals surface area contributed by atoms with E-state index < -0.39 is 96.0 Å². The summed E-state index contributed by atoms with van der Waals surface area (Å²) in [4.78, 5) is 105. The van der Waals surface area contributed by atoms with Gasteiger partial charge in [-0.25, -0.2) is 0 Å². The van der Waals surface area contributed by atoms with Gasteiger partial charge in [-0.1, -0.05) is 84.0 Å². The molecule has 8 amide bonds. The van der Waals surface area contributed by atoms with Crippen molar-refractivity contribution in [2.75, 3.05) is 18.8 Å². The van der Waals surface area contributed by atoms with Gasteiger partial charge in [0.2, 0.25) is 47.3 Å². The van der Waals surface area contributed by atoms with E-state index in [0.717, 1.165) is 0 Å². The Morgan fingerprint density at radius 2 is 1.03 bits per heavy atom. The summed E-state index contributed by atoms with van der Waals surface area (Å²) in [5.41, 5.74) is 12.1. The Morgan fingerprint density at radius 1 is 0.574 bits per heavy atom. The molecule has 12 N–H and O–H groups in total. The molecule has 0 saturated carbocycles. The maximum Gasteiger partial charge on any atom is 0.244 e. The lowest BCUT2D eigenvalue weighted by Crippen LogP contribution is -2.61. The Morgan fingerprint density at radius 3 is 1.54 bits per heavy atom. The highest BCUT2D eigenvalue weighted by Gasteiger charge is 2.35. The van der Waals surface area contributed by atoms with Gasteiger partial charge in [0.25, 0.3) is 0 Å². The van der Waals surface area contributed by atoms with E-state index in [0.29, 0.717) is 11.1 Å². The Balaban J connectivity index is 2.41. The smallest absolute Gasteiger partial charge is 0.244 e. The number of nitrogens with two attached hydrogens (primary N) is 2. The second-order valence-corrected chi connectivity index (χ2v) is 16.3. The molecule has 0 aromatic heterocycles. The highest BCUT2D eigenvalue weighted by Crippen LogP contribution is 2.14. The summed E-state index contributed by atoms with van der Waals surface area (Å²) in [6.07, 6.45) is 0.378. The van der Waals surface area contributed by atoms with Crippen LogP contribution in [0.3, 0.4) is 0 Å². The molecular formula is C42H63N9O9S. The van der Waals surface area contributed by atoms with Gasteiger partial charge in [-0.3, -0.25) is 38.4 Å². The number of rotatable bonds is 25. The van der Waals surface area contributed by atoms with Crippen molar-refractivity contribution in [1.29, 1.82) is 0 Å². The number of thiol groups is 1. The van der Waals surface area contributed by atoms with Crippen LogP contribution in [0, 0.1) is 17.8 Å². The minimum absolute atomic E-state index is 0.0103. The third-order valence-corrected chi connectivity index (χ3v) is 9.71. The van der Waals surface area contributed by atoms with Crippen LogP contribution in [0.4, 0.5) is 0 Å². The molecule has 0 fully saturated rings. The van der Waals surface area contributed by atoms with Gasteiger partial charge >= 0.3 is 0 Å². The van der Waals surface area contributed by atoms with Crippen LogP contribution in [-0.2, 0) is 51.2 Å². The number of phenolic OH excluding ortho intramolecular Hbond substituents is 1. The SMILES string of the molecule is CC(C)C[C@H](NC(=O)[C@H](CC(C)C)NC(=O)[C@H](Cc1ccc(O)cc1)NC(=O)[C@@H](NC(=O)[C@H](Cc1ccccc1)NC(=O)[C@H](CS)NC(=O)CNC(=O)CN)C(C)C)C(N)=O. The monoisotopic (exact) mass is 869 g/mol. The molecule has 61 heavy (non-hydrogen) atoms. The van der Waals surface area contributed by atoms with E-state index in [9.17, 15) is 43.5 Å². The summed E-state index contributed by atoms with van der Waals surface area (Å²) in [5.74, 6) is -6.38. The number of nitrogens with one attached hydrogen (secondary N) is 7. The molecule has 0 spiro atoms. The fraction of sp³-hybridized carbons (Fsp3) is 0.524. The second kappa shape index (κ2) is 25.8. The lowest BCUT2D eigenvalue weighted by molar-refractivity contribution is -0.136. The summed E-state index contributed by atoms with van der Waals surface area (Å²) >= 11 is 4.19. The Bertz CT molecular complexity index is 1800. The average Bonchev–Trinajstić information content (AvgIpc) is 3.20. The number of amides is 8. The molecule has 2 aromatic rings. The Labute approximate surface area is 362 Å². The molecule has 336 valence electrons. The van der Waals surface area contributed by atoms with Crippen molar-refractivity contribution < 1.29 is 43.5 Å².